The van der Waals surface area contributed by atoms with Crippen LogP contribution in [-0.2, 0) is 30.8 Å². The number of imide groups is 1. The molecule has 2 aromatic carbocycles. The summed E-state index contributed by atoms with van der Waals surface area (Å²) in [5.41, 5.74) is 1.45. The second-order valence-corrected chi connectivity index (χ2v) is 11.2. The Balaban J connectivity index is 1.62. The summed E-state index contributed by atoms with van der Waals surface area (Å²) in [5, 5.41) is 18.0. The minimum atomic E-state index is -4.41. The monoisotopic (exact) mass is 574 g/mol. The number of halogens is 1. The van der Waals surface area contributed by atoms with Gasteiger partial charge in [-0.1, -0.05) is 24.3 Å². The molecule has 15 heteroatoms. The first-order valence-electron chi connectivity index (χ1n) is 12.5. The van der Waals surface area contributed by atoms with Gasteiger partial charge in [-0.3, -0.25) is 19.3 Å². The molecule has 40 heavy (non-hydrogen) atoms. The number of nitrogens with two attached hydrogens (primary N) is 1. The standard InChI is InChI=1S/C25H28BFN4O8S/c1-3-30-9-10-31(24(34)23(30)33)25(35)29-21(15-7-8-20(18(27)12-15)40(28,37)38)19(32)13-17-11-16-6-4-5-14(2)22(16)39-26(17)36/h4-8,12,17,21,36H,3,9-11,13H2,1-2H3,(H,29,35)(H2,28,37,38)/t17-,21?/m1/s1. The topological polar surface area (TPSA) is 176 Å². The van der Waals surface area contributed by atoms with E-state index >= 15 is 0 Å². The zero-order valence-electron chi connectivity index (χ0n) is 21.8. The molecule has 0 aromatic heterocycles. The quantitative estimate of drug-likeness (QED) is 0.319. The van der Waals surface area contributed by atoms with Crippen molar-refractivity contribution in [2.45, 2.75) is 43.4 Å². The van der Waals surface area contributed by atoms with Crippen molar-refractivity contribution in [1.29, 1.82) is 0 Å². The number of primary sulfonamides is 1. The van der Waals surface area contributed by atoms with Gasteiger partial charge in [0.2, 0.25) is 10.0 Å². The highest BCUT2D eigenvalue weighted by Gasteiger charge is 2.40. The van der Waals surface area contributed by atoms with Crippen LogP contribution in [0.5, 0.6) is 5.75 Å². The maximum Gasteiger partial charge on any atom is 0.526 e. The fourth-order valence-electron chi connectivity index (χ4n) is 4.84. The van der Waals surface area contributed by atoms with Gasteiger partial charge in [0.05, 0.1) is 0 Å². The van der Waals surface area contributed by atoms with Gasteiger partial charge in [-0.25, -0.2) is 22.7 Å². The minimum absolute atomic E-state index is 0.0925. The van der Waals surface area contributed by atoms with Gasteiger partial charge in [0.25, 0.3) is 0 Å². The van der Waals surface area contributed by atoms with Crippen molar-refractivity contribution in [2.24, 2.45) is 5.14 Å². The number of carbonyl (C=O) groups is 4. The molecular formula is C25H28BFN4O8S. The zero-order chi connectivity index (χ0) is 29.4. The maximum absolute atomic E-state index is 14.7. The third-order valence-corrected chi connectivity index (χ3v) is 7.95. The van der Waals surface area contributed by atoms with Gasteiger partial charge >= 0.3 is 25.0 Å². The average molecular weight is 574 g/mol. The van der Waals surface area contributed by atoms with Crippen LogP contribution in [0.2, 0.25) is 5.82 Å². The molecule has 2 aromatic rings. The number of nitrogens with one attached hydrogen (secondary N) is 1. The molecule has 0 bridgehead atoms. The van der Waals surface area contributed by atoms with Crippen molar-refractivity contribution in [3.05, 3.63) is 58.9 Å². The van der Waals surface area contributed by atoms with Gasteiger partial charge < -0.3 is 19.9 Å². The highest BCUT2D eigenvalue weighted by atomic mass is 32.2. The van der Waals surface area contributed by atoms with E-state index in [1.54, 1.807) is 13.0 Å². The number of aryl methyl sites for hydroxylation is 1. The number of hydrogen-bond acceptors (Lipinski definition) is 8. The van der Waals surface area contributed by atoms with Crippen LogP contribution in [0.3, 0.4) is 0 Å². The molecule has 0 saturated carbocycles. The number of benzene rings is 2. The molecule has 212 valence electrons. The van der Waals surface area contributed by atoms with Gasteiger partial charge in [0.15, 0.2) is 5.78 Å². The van der Waals surface area contributed by atoms with Gasteiger partial charge in [-0.15, -0.1) is 0 Å². The lowest BCUT2D eigenvalue weighted by Crippen LogP contribution is -2.58. The number of para-hydroxylation sites is 1. The number of piperazine rings is 1. The molecule has 2 aliphatic heterocycles. The normalized spacial score (nSPS) is 18.2. The number of sulfonamides is 1. The van der Waals surface area contributed by atoms with Crippen molar-refractivity contribution in [2.75, 3.05) is 19.6 Å². The number of fused-ring (bicyclic) bond motifs is 1. The Morgan fingerprint density at radius 1 is 1.23 bits per heavy atom. The fraction of sp³-hybridized carbons (Fsp3) is 0.360. The molecule has 0 radical (unpaired) electrons. The SMILES string of the molecule is CCN1CCN(C(=O)NC(C(=O)C[C@H]2Cc3cccc(C)c3OB2O)c2ccc(S(N)(=O)=O)c(F)c2)C(=O)C1=O. The molecule has 4 amide bonds. The zero-order valence-corrected chi connectivity index (χ0v) is 22.6. The highest BCUT2D eigenvalue weighted by Crippen LogP contribution is 2.37. The van der Waals surface area contributed by atoms with Gasteiger partial charge in [0.1, 0.15) is 22.5 Å². The largest absolute Gasteiger partial charge is 0.536 e. The van der Waals surface area contributed by atoms with Gasteiger partial charge in [-0.2, -0.15) is 0 Å². The summed E-state index contributed by atoms with van der Waals surface area (Å²) < 4.78 is 43.7. The molecular weight excluding hydrogens is 546 g/mol. The third kappa shape index (κ3) is 5.86. The Morgan fingerprint density at radius 3 is 2.60 bits per heavy atom. The van der Waals surface area contributed by atoms with E-state index in [4.69, 9.17) is 9.79 Å². The summed E-state index contributed by atoms with van der Waals surface area (Å²) in [7, 11) is -5.76. The summed E-state index contributed by atoms with van der Waals surface area (Å²) in [5.74, 6) is -4.11. The second kappa shape index (κ2) is 11.4. The molecule has 12 nitrogen and oxygen atoms in total. The fourth-order valence-corrected chi connectivity index (χ4v) is 5.43. The molecule has 2 heterocycles. The minimum Gasteiger partial charge on any atom is -0.536 e. The average Bonchev–Trinajstić information content (AvgIpc) is 2.89. The number of likely N-dealkylation sites (N-methyl/N-ethyl adjacent to an activating group) is 1. The van der Waals surface area contributed by atoms with E-state index in [-0.39, 0.29) is 38.0 Å². The van der Waals surface area contributed by atoms with E-state index in [0.29, 0.717) is 10.6 Å². The van der Waals surface area contributed by atoms with E-state index in [0.717, 1.165) is 29.3 Å². The number of rotatable bonds is 7. The number of ketones is 1. The number of urea groups is 1. The maximum atomic E-state index is 14.7. The van der Waals surface area contributed by atoms with Crippen molar-refractivity contribution in [1.82, 2.24) is 15.1 Å². The van der Waals surface area contributed by atoms with Crippen molar-refractivity contribution in [3.8, 4) is 5.75 Å². The lowest BCUT2D eigenvalue weighted by atomic mass is 9.64. The first-order valence-corrected chi connectivity index (χ1v) is 14.1. The van der Waals surface area contributed by atoms with Gasteiger partial charge in [-0.05, 0) is 49.1 Å². The van der Waals surface area contributed by atoms with Crippen LogP contribution in [-0.4, -0.2) is 73.6 Å². The first kappa shape index (κ1) is 29.2. The lowest BCUT2D eigenvalue weighted by molar-refractivity contribution is -0.153. The Labute approximate surface area is 230 Å². The molecule has 1 saturated heterocycles. The van der Waals surface area contributed by atoms with Crippen LogP contribution >= 0.6 is 0 Å². The van der Waals surface area contributed by atoms with Crippen LogP contribution in [0.25, 0.3) is 0 Å². The smallest absolute Gasteiger partial charge is 0.526 e. The van der Waals surface area contributed by atoms with Crippen LogP contribution in [0.15, 0.2) is 41.3 Å². The Hall–Kier alpha value is -3.82. The number of nitrogens with zero attached hydrogens (tertiary/aromatic N) is 2. The molecule has 0 spiro atoms. The molecule has 1 fully saturated rings. The first-order chi connectivity index (χ1) is 18.8. The van der Waals surface area contributed by atoms with Crippen molar-refractivity contribution >= 4 is 40.8 Å². The van der Waals surface area contributed by atoms with Crippen LogP contribution in [0, 0.1) is 12.7 Å². The van der Waals surface area contributed by atoms with E-state index in [2.05, 4.69) is 5.32 Å². The summed E-state index contributed by atoms with van der Waals surface area (Å²) >= 11 is 0. The predicted octanol–water partition coefficient (Wildman–Crippen LogP) is 0.668. The molecule has 0 aliphatic carbocycles. The van der Waals surface area contributed by atoms with Gasteiger partial charge in [0, 0.05) is 31.9 Å². The Kier molecular flexibility index (Phi) is 8.28. The summed E-state index contributed by atoms with van der Waals surface area (Å²) in [4.78, 5) is 52.6. The molecule has 1 unspecified atom stereocenters. The van der Waals surface area contributed by atoms with E-state index in [9.17, 15) is 37.0 Å². The van der Waals surface area contributed by atoms with Crippen LogP contribution in [0.1, 0.15) is 36.1 Å². The highest BCUT2D eigenvalue weighted by molar-refractivity contribution is 7.89. The summed E-state index contributed by atoms with van der Waals surface area (Å²) in [6.07, 6.45) is -0.0518. The number of Topliss-reactive ketones (excluding diaryl/α,β-unsaturated/α-hetero) is 1. The summed E-state index contributed by atoms with van der Waals surface area (Å²) in [6.45, 7) is 3.73. The molecule has 4 rings (SSSR count). The lowest BCUT2D eigenvalue weighted by Gasteiger charge is -2.33. The molecule has 2 atom stereocenters. The van der Waals surface area contributed by atoms with Crippen molar-refractivity contribution < 1.29 is 41.7 Å². The number of carbonyl (C=O) groups excluding carboxylic acids is 4. The van der Waals surface area contributed by atoms with Crippen LogP contribution < -0.4 is 15.1 Å². The molecule has 4 N–H and O–H groups in total. The Bertz CT molecular complexity index is 1490. The second-order valence-electron chi connectivity index (χ2n) is 9.67. The van der Waals surface area contributed by atoms with Crippen LogP contribution in [0.4, 0.5) is 9.18 Å². The van der Waals surface area contributed by atoms with E-state index in [1.165, 1.54) is 4.90 Å². The van der Waals surface area contributed by atoms with E-state index in [1.807, 2.05) is 19.1 Å². The number of amides is 4. The predicted molar refractivity (Wildman–Crippen MR) is 140 cm³/mol. The Morgan fingerprint density at radius 2 is 1.95 bits per heavy atom. The van der Waals surface area contributed by atoms with E-state index < -0.39 is 63.3 Å². The summed E-state index contributed by atoms with van der Waals surface area (Å²) in [6, 6.07) is 5.51. The third-order valence-electron chi connectivity index (χ3n) is 7.00. The number of hydrogen-bond donors (Lipinski definition) is 3. The molecule has 2 aliphatic rings. The van der Waals surface area contributed by atoms with Crippen molar-refractivity contribution in [3.63, 3.8) is 0 Å².